The molecule has 0 heterocycles. The molecular weight excluding hydrogens is 579 g/mol. The highest BCUT2D eigenvalue weighted by Gasteiger charge is 2.12. The standard InChI is InChI=1S/C36H33FO8/c1-3-34(38)43-22-4-21-41-31-15-9-28(10-16-31)26-5-7-27(8-6-26)29-11-19-33(20-12-29)45-36(40)30-13-17-32(18-14-30)42-23-24-44-35(39)25(2)37/h3,5-20,25H,1,4,21-24H2,2H3. The van der Waals surface area contributed by atoms with Crippen LogP contribution in [0.4, 0.5) is 4.39 Å². The lowest BCUT2D eigenvalue weighted by Crippen LogP contribution is -2.18. The third-order valence-corrected chi connectivity index (χ3v) is 6.45. The van der Waals surface area contributed by atoms with Crippen LogP contribution in [0, 0.1) is 0 Å². The highest BCUT2D eigenvalue weighted by atomic mass is 19.1. The lowest BCUT2D eigenvalue weighted by molar-refractivity contribution is -0.149. The molecule has 0 N–H and O–H groups in total. The molecule has 0 amide bonds. The SMILES string of the molecule is C=CC(=O)OCCCOc1ccc(-c2ccc(-c3ccc(OC(=O)c4ccc(OCCOC(=O)C(C)F)cc4)cc3)cc2)cc1. The van der Waals surface area contributed by atoms with Gasteiger partial charge in [0, 0.05) is 12.5 Å². The Morgan fingerprint density at radius 2 is 1.11 bits per heavy atom. The third kappa shape index (κ3) is 10.1. The van der Waals surface area contributed by atoms with Gasteiger partial charge in [0.2, 0.25) is 0 Å². The van der Waals surface area contributed by atoms with Gasteiger partial charge in [-0.05, 0) is 77.7 Å². The first-order valence-electron chi connectivity index (χ1n) is 14.3. The zero-order valence-electron chi connectivity index (χ0n) is 24.8. The monoisotopic (exact) mass is 612 g/mol. The molecule has 0 saturated carbocycles. The summed E-state index contributed by atoms with van der Waals surface area (Å²) in [6, 6.07) is 29.5. The Balaban J connectivity index is 1.24. The summed E-state index contributed by atoms with van der Waals surface area (Å²) >= 11 is 0. The molecule has 45 heavy (non-hydrogen) atoms. The molecule has 0 aliphatic heterocycles. The second kappa shape index (κ2) is 16.4. The summed E-state index contributed by atoms with van der Waals surface area (Å²) in [5.74, 6) is -0.286. The van der Waals surface area contributed by atoms with E-state index in [-0.39, 0.29) is 19.8 Å². The van der Waals surface area contributed by atoms with E-state index in [2.05, 4.69) is 6.58 Å². The summed E-state index contributed by atoms with van der Waals surface area (Å²) in [5, 5.41) is 0. The van der Waals surface area contributed by atoms with E-state index in [1.54, 1.807) is 36.4 Å². The van der Waals surface area contributed by atoms with E-state index in [9.17, 15) is 18.8 Å². The molecule has 4 rings (SSSR count). The van der Waals surface area contributed by atoms with Gasteiger partial charge in [-0.2, -0.15) is 0 Å². The van der Waals surface area contributed by atoms with Crippen molar-refractivity contribution in [2.45, 2.75) is 19.5 Å². The summed E-state index contributed by atoms with van der Waals surface area (Å²) < 4.78 is 39.1. The molecule has 0 bridgehead atoms. The predicted molar refractivity (Wildman–Crippen MR) is 167 cm³/mol. The highest BCUT2D eigenvalue weighted by molar-refractivity contribution is 5.91. The number of halogens is 1. The zero-order chi connectivity index (χ0) is 32.0. The number of ether oxygens (including phenoxy) is 5. The van der Waals surface area contributed by atoms with Crippen LogP contribution in [0.1, 0.15) is 23.7 Å². The molecule has 9 heteroatoms. The minimum atomic E-state index is -1.68. The van der Waals surface area contributed by atoms with Crippen molar-refractivity contribution in [3.63, 3.8) is 0 Å². The van der Waals surface area contributed by atoms with E-state index in [0.29, 0.717) is 30.1 Å². The van der Waals surface area contributed by atoms with Crippen LogP contribution in [0.15, 0.2) is 110 Å². The number of alkyl halides is 1. The van der Waals surface area contributed by atoms with E-state index in [1.165, 1.54) is 0 Å². The fraction of sp³-hybridized carbons (Fsp3) is 0.194. The Labute approximate surface area is 261 Å². The van der Waals surface area contributed by atoms with Crippen molar-refractivity contribution in [1.29, 1.82) is 0 Å². The van der Waals surface area contributed by atoms with Crippen LogP contribution in [0.2, 0.25) is 0 Å². The summed E-state index contributed by atoms with van der Waals surface area (Å²) in [6.45, 7) is 5.15. The molecule has 0 aliphatic rings. The van der Waals surface area contributed by atoms with Gasteiger partial charge in [-0.25, -0.2) is 18.8 Å². The van der Waals surface area contributed by atoms with Crippen LogP contribution < -0.4 is 14.2 Å². The maximum absolute atomic E-state index is 12.8. The summed E-state index contributed by atoms with van der Waals surface area (Å²) in [7, 11) is 0. The third-order valence-electron chi connectivity index (χ3n) is 6.45. The van der Waals surface area contributed by atoms with Crippen molar-refractivity contribution in [3.8, 4) is 39.5 Å². The molecule has 0 aromatic heterocycles. The number of carbonyl (C=O) groups is 3. The van der Waals surface area contributed by atoms with Gasteiger partial charge in [-0.3, -0.25) is 0 Å². The number of hydrogen-bond donors (Lipinski definition) is 0. The molecular formula is C36H33FO8. The number of rotatable bonds is 15. The molecule has 1 unspecified atom stereocenters. The summed E-state index contributed by atoms with van der Waals surface area (Å²) in [6.07, 6.45) is 0.0388. The Bertz CT molecular complexity index is 1560. The first-order valence-corrected chi connectivity index (χ1v) is 14.3. The summed E-state index contributed by atoms with van der Waals surface area (Å²) in [4.78, 5) is 34.8. The molecule has 0 saturated heterocycles. The van der Waals surface area contributed by atoms with Crippen LogP contribution >= 0.6 is 0 Å². The van der Waals surface area contributed by atoms with Gasteiger partial charge >= 0.3 is 17.9 Å². The minimum Gasteiger partial charge on any atom is -0.493 e. The molecule has 0 spiro atoms. The lowest BCUT2D eigenvalue weighted by atomic mass is 10.0. The number of benzene rings is 4. The Morgan fingerprint density at radius 3 is 1.62 bits per heavy atom. The molecule has 0 aliphatic carbocycles. The Hall–Kier alpha value is -5.44. The summed E-state index contributed by atoms with van der Waals surface area (Å²) in [5.41, 5.74) is 4.42. The van der Waals surface area contributed by atoms with Gasteiger partial charge < -0.3 is 23.7 Å². The molecule has 4 aromatic rings. The smallest absolute Gasteiger partial charge is 0.343 e. The van der Waals surface area contributed by atoms with E-state index in [0.717, 1.165) is 41.0 Å². The highest BCUT2D eigenvalue weighted by Crippen LogP contribution is 2.28. The average molecular weight is 613 g/mol. The molecule has 4 aromatic carbocycles. The first kappa shape index (κ1) is 32.5. The van der Waals surface area contributed by atoms with Crippen LogP contribution in [0.5, 0.6) is 17.2 Å². The lowest BCUT2D eigenvalue weighted by Gasteiger charge is -2.09. The van der Waals surface area contributed by atoms with E-state index in [1.807, 2.05) is 60.7 Å². The topological polar surface area (TPSA) is 97.4 Å². The van der Waals surface area contributed by atoms with Gasteiger partial charge in [-0.15, -0.1) is 0 Å². The van der Waals surface area contributed by atoms with Crippen molar-refractivity contribution in [3.05, 3.63) is 115 Å². The van der Waals surface area contributed by atoms with Gasteiger partial charge in [0.15, 0.2) is 6.17 Å². The molecule has 0 fully saturated rings. The largest absolute Gasteiger partial charge is 0.493 e. The second-order valence-corrected chi connectivity index (χ2v) is 9.75. The van der Waals surface area contributed by atoms with Crippen LogP contribution in [-0.4, -0.2) is 50.5 Å². The van der Waals surface area contributed by atoms with Crippen molar-refractivity contribution < 1.29 is 42.5 Å². The Kier molecular flexibility index (Phi) is 11.8. The van der Waals surface area contributed by atoms with E-state index in [4.69, 9.17) is 23.7 Å². The fourth-order valence-corrected chi connectivity index (χ4v) is 4.06. The van der Waals surface area contributed by atoms with Crippen molar-refractivity contribution in [2.24, 2.45) is 0 Å². The first-order chi connectivity index (χ1) is 21.8. The van der Waals surface area contributed by atoms with Crippen LogP contribution in [0.25, 0.3) is 22.3 Å². The van der Waals surface area contributed by atoms with Gasteiger partial charge in [0.1, 0.15) is 30.5 Å². The van der Waals surface area contributed by atoms with Crippen LogP contribution in [-0.2, 0) is 19.1 Å². The van der Waals surface area contributed by atoms with E-state index < -0.39 is 24.1 Å². The van der Waals surface area contributed by atoms with Gasteiger partial charge in [0.25, 0.3) is 0 Å². The van der Waals surface area contributed by atoms with Gasteiger partial charge in [-0.1, -0.05) is 55.1 Å². The predicted octanol–water partition coefficient (Wildman–Crippen LogP) is 7.02. The number of carbonyl (C=O) groups excluding carboxylic acids is 3. The van der Waals surface area contributed by atoms with Gasteiger partial charge in [0.05, 0.1) is 18.8 Å². The number of hydrogen-bond acceptors (Lipinski definition) is 8. The minimum absolute atomic E-state index is 0.0557. The molecule has 1 atom stereocenters. The van der Waals surface area contributed by atoms with Crippen molar-refractivity contribution in [2.75, 3.05) is 26.4 Å². The molecule has 8 nitrogen and oxygen atoms in total. The van der Waals surface area contributed by atoms with Crippen LogP contribution in [0.3, 0.4) is 0 Å². The zero-order valence-corrected chi connectivity index (χ0v) is 24.8. The van der Waals surface area contributed by atoms with Crippen molar-refractivity contribution in [1.82, 2.24) is 0 Å². The average Bonchev–Trinajstić information content (AvgIpc) is 3.07. The molecule has 232 valence electrons. The Morgan fingerprint density at radius 1 is 0.644 bits per heavy atom. The quantitative estimate of drug-likeness (QED) is 0.0612. The van der Waals surface area contributed by atoms with E-state index >= 15 is 0 Å². The second-order valence-electron chi connectivity index (χ2n) is 9.75. The maximum atomic E-state index is 12.8. The maximum Gasteiger partial charge on any atom is 0.343 e. The fourth-order valence-electron chi connectivity index (χ4n) is 4.06. The number of esters is 3. The molecule has 0 radical (unpaired) electrons. The normalized spacial score (nSPS) is 11.2. The van der Waals surface area contributed by atoms with Crippen molar-refractivity contribution >= 4 is 17.9 Å².